The lowest BCUT2D eigenvalue weighted by Gasteiger charge is -2.27. The van der Waals surface area contributed by atoms with Crippen molar-refractivity contribution in [2.75, 3.05) is 30.4 Å². The summed E-state index contributed by atoms with van der Waals surface area (Å²) in [5.74, 6) is -0.446. The Labute approximate surface area is 261 Å². The predicted octanol–water partition coefficient (Wildman–Crippen LogP) is 5.92. The van der Waals surface area contributed by atoms with E-state index < -0.39 is 58.6 Å². The number of sulfone groups is 1. The van der Waals surface area contributed by atoms with Gasteiger partial charge in [-0.15, -0.1) is 13.2 Å². The van der Waals surface area contributed by atoms with Crippen molar-refractivity contribution in [3.63, 3.8) is 0 Å². The van der Waals surface area contributed by atoms with E-state index in [1.54, 1.807) is 29.2 Å². The number of carbonyl (C=O) groups is 1. The third-order valence-electron chi connectivity index (χ3n) is 7.51. The minimum atomic E-state index is -4.88. The van der Waals surface area contributed by atoms with Crippen molar-refractivity contribution in [3.8, 4) is 5.75 Å². The number of nitrogens with one attached hydrogen (secondary N) is 1. The number of carbonyl (C=O) groups excluding carboxylic acids is 1. The second-order valence-corrected chi connectivity index (χ2v) is 12.9. The first-order chi connectivity index (χ1) is 21.6. The third kappa shape index (κ3) is 9.13. The molecule has 0 bridgehead atoms. The number of amides is 1. The Hall–Kier alpha value is -3.82. The highest BCUT2D eigenvalue weighted by molar-refractivity contribution is 7.91. The molecule has 250 valence electrons. The molecule has 0 saturated carbocycles. The molecule has 3 aromatic rings. The number of ether oxygens (including phenoxy) is 2. The van der Waals surface area contributed by atoms with Crippen LogP contribution in [0.2, 0.25) is 0 Å². The van der Waals surface area contributed by atoms with Crippen LogP contribution in [0.1, 0.15) is 47.3 Å². The molecule has 0 aromatic heterocycles. The minimum Gasteiger partial charge on any atom is -0.489 e. The molecule has 1 amide bonds. The zero-order chi connectivity index (χ0) is 33.7. The van der Waals surface area contributed by atoms with Gasteiger partial charge in [-0.25, -0.2) is 8.42 Å². The average Bonchev–Trinajstić information content (AvgIpc) is 3.42. The first kappa shape index (κ1) is 35.0. The Morgan fingerprint density at radius 2 is 1.61 bits per heavy atom. The van der Waals surface area contributed by atoms with Gasteiger partial charge in [-0.2, -0.15) is 13.2 Å². The average molecular weight is 675 g/mol. The highest BCUT2D eigenvalue weighted by Gasteiger charge is 2.38. The second kappa shape index (κ2) is 14.3. The number of halogens is 6. The Kier molecular flexibility index (Phi) is 10.9. The van der Waals surface area contributed by atoms with Crippen LogP contribution in [-0.2, 0) is 20.8 Å². The molecule has 8 nitrogen and oxygen atoms in total. The van der Waals surface area contributed by atoms with Crippen LogP contribution in [0, 0.1) is 0 Å². The zero-order valence-corrected chi connectivity index (χ0v) is 25.3. The van der Waals surface area contributed by atoms with Gasteiger partial charge in [0.05, 0.1) is 41.4 Å². The van der Waals surface area contributed by atoms with Crippen molar-refractivity contribution < 1.29 is 54.1 Å². The number of nitrogens with zero attached hydrogens (tertiary/aromatic N) is 1. The number of hydrogen-bond acceptors (Lipinski definition) is 7. The molecule has 46 heavy (non-hydrogen) atoms. The van der Waals surface area contributed by atoms with E-state index >= 15 is 0 Å². The number of rotatable bonds is 12. The van der Waals surface area contributed by atoms with Gasteiger partial charge in [-0.05, 0) is 72.6 Å². The molecule has 1 aliphatic rings. The molecule has 0 radical (unpaired) electrons. The summed E-state index contributed by atoms with van der Waals surface area (Å²) in [6, 6.07) is 14.6. The van der Waals surface area contributed by atoms with Crippen molar-refractivity contribution in [1.82, 2.24) is 5.32 Å². The molecule has 15 heteroatoms. The molecule has 1 saturated heterocycles. The summed E-state index contributed by atoms with van der Waals surface area (Å²) < 4.78 is 111. The fourth-order valence-electron chi connectivity index (χ4n) is 5.11. The van der Waals surface area contributed by atoms with E-state index in [0.29, 0.717) is 11.3 Å². The van der Waals surface area contributed by atoms with Gasteiger partial charge in [0.25, 0.3) is 5.91 Å². The van der Waals surface area contributed by atoms with Crippen LogP contribution in [0.15, 0.2) is 77.7 Å². The lowest BCUT2D eigenvalue weighted by atomic mass is 10.0. The van der Waals surface area contributed by atoms with Crippen LogP contribution in [0.25, 0.3) is 0 Å². The largest absolute Gasteiger partial charge is 0.522 e. The Balaban J connectivity index is 1.47. The molecule has 0 aliphatic carbocycles. The Morgan fingerprint density at radius 3 is 2.15 bits per heavy atom. The predicted molar refractivity (Wildman–Crippen MR) is 156 cm³/mol. The lowest BCUT2D eigenvalue weighted by molar-refractivity contribution is -0.325. The van der Waals surface area contributed by atoms with Gasteiger partial charge >= 0.3 is 12.5 Å². The molecular formula is C31H32F6N2O6S. The summed E-state index contributed by atoms with van der Waals surface area (Å²) in [6.45, 7) is 0.643. The summed E-state index contributed by atoms with van der Waals surface area (Å²) >= 11 is 0. The first-order valence-electron chi connectivity index (χ1n) is 14.3. The SMILES string of the molecule is CCS(=O)(=O)c1ccc([C@H](CCO)NC(=O)c2ccc(N3CC(Oc4ccc(C(F)(F)F)cc4)C[C@H]3COC(F)(F)F)cc2)cc1. The molecule has 2 N–H and O–H groups in total. The first-order valence-corrected chi connectivity index (χ1v) is 15.9. The maximum Gasteiger partial charge on any atom is 0.522 e. The fraction of sp³-hybridized carbons (Fsp3) is 0.387. The summed E-state index contributed by atoms with van der Waals surface area (Å²) in [7, 11) is -3.42. The number of aliphatic hydroxyl groups excluding tert-OH is 1. The molecule has 3 atom stereocenters. The van der Waals surface area contributed by atoms with Gasteiger partial charge in [0.1, 0.15) is 11.9 Å². The third-order valence-corrected chi connectivity index (χ3v) is 9.26. The quantitative estimate of drug-likeness (QED) is 0.230. The number of alkyl halides is 6. The van der Waals surface area contributed by atoms with E-state index in [9.17, 15) is 44.7 Å². The number of benzene rings is 3. The van der Waals surface area contributed by atoms with Gasteiger partial charge in [-0.1, -0.05) is 19.1 Å². The van der Waals surface area contributed by atoms with E-state index in [1.807, 2.05) is 0 Å². The summed E-state index contributed by atoms with van der Waals surface area (Å²) in [5.41, 5.74) is 0.399. The van der Waals surface area contributed by atoms with Crippen LogP contribution in [0.5, 0.6) is 5.75 Å². The summed E-state index contributed by atoms with van der Waals surface area (Å²) in [4.78, 5) is 14.8. The highest BCUT2D eigenvalue weighted by atomic mass is 32.2. The van der Waals surface area contributed by atoms with Crippen molar-refractivity contribution in [2.45, 2.75) is 55.4 Å². The fourth-order valence-corrected chi connectivity index (χ4v) is 5.99. The van der Waals surface area contributed by atoms with Gasteiger partial charge in [0.2, 0.25) is 0 Å². The van der Waals surface area contributed by atoms with Crippen LogP contribution in [0.4, 0.5) is 32.0 Å². The summed E-state index contributed by atoms with van der Waals surface area (Å²) in [5, 5.41) is 12.4. The van der Waals surface area contributed by atoms with Crippen molar-refractivity contribution >= 4 is 21.4 Å². The molecular weight excluding hydrogens is 642 g/mol. The van der Waals surface area contributed by atoms with E-state index in [1.165, 1.54) is 31.2 Å². The molecule has 1 aliphatic heterocycles. The molecule has 0 spiro atoms. The normalized spacial score (nSPS) is 18.0. The summed E-state index contributed by atoms with van der Waals surface area (Å²) in [6.07, 6.45) is -9.84. The molecule has 1 fully saturated rings. The number of hydrogen-bond donors (Lipinski definition) is 2. The highest BCUT2D eigenvalue weighted by Crippen LogP contribution is 2.33. The number of anilines is 1. The lowest BCUT2D eigenvalue weighted by Crippen LogP contribution is -2.35. The van der Waals surface area contributed by atoms with Gasteiger partial charge < -0.3 is 20.1 Å². The van der Waals surface area contributed by atoms with Gasteiger partial charge in [-0.3, -0.25) is 9.53 Å². The van der Waals surface area contributed by atoms with Crippen molar-refractivity contribution in [2.24, 2.45) is 0 Å². The Bertz CT molecular complexity index is 1560. The topological polar surface area (TPSA) is 105 Å². The molecule has 4 rings (SSSR count). The zero-order valence-electron chi connectivity index (χ0n) is 24.5. The molecule has 3 aromatic carbocycles. The second-order valence-electron chi connectivity index (χ2n) is 10.6. The van der Waals surface area contributed by atoms with Crippen LogP contribution in [-0.4, -0.2) is 63.5 Å². The maximum absolute atomic E-state index is 13.1. The molecule has 1 unspecified atom stereocenters. The van der Waals surface area contributed by atoms with Crippen molar-refractivity contribution in [1.29, 1.82) is 0 Å². The standard InChI is InChI=1S/C31H32F6N2O6S/c1-2-46(42,43)27-13-5-20(6-14-27)28(15-16-40)38-29(41)21-3-9-23(10-4-21)39-18-26(17-24(39)19-44-31(35,36)37)45-25-11-7-22(8-12-25)30(32,33)34/h3-14,24,26,28,40H,2,15-19H2,1H3,(H,38,41)/t24-,26?,28-/m0/s1. The van der Waals surface area contributed by atoms with Crippen LogP contribution < -0.4 is 15.0 Å². The van der Waals surface area contributed by atoms with E-state index in [2.05, 4.69) is 10.1 Å². The van der Waals surface area contributed by atoms with Crippen LogP contribution >= 0.6 is 0 Å². The van der Waals surface area contributed by atoms with Crippen LogP contribution in [0.3, 0.4) is 0 Å². The molecule has 1 heterocycles. The maximum atomic E-state index is 13.1. The van der Waals surface area contributed by atoms with Gasteiger partial charge in [0, 0.05) is 24.3 Å². The smallest absolute Gasteiger partial charge is 0.489 e. The number of aliphatic hydroxyl groups is 1. The van der Waals surface area contributed by atoms with E-state index in [-0.39, 0.29) is 48.0 Å². The van der Waals surface area contributed by atoms with Gasteiger partial charge in [0.15, 0.2) is 9.84 Å². The van der Waals surface area contributed by atoms with E-state index in [4.69, 9.17) is 4.74 Å². The van der Waals surface area contributed by atoms with E-state index in [0.717, 1.165) is 24.3 Å². The monoisotopic (exact) mass is 674 g/mol. The van der Waals surface area contributed by atoms with Crippen molar-refractivity contribution in [3.05, 3.63) is 89.5 Å². The minimum absolute atomic E-state index is 0.0699. The Morgan fingerprint density at radius 1 is 0.978 bits per heavy atom.